The average Bonchev–Trinajstić information content (AvgIpc) is 3.31. The van der Waals surface area contributed by atoms with E-state index >= 15 is 0 Å². The quantitative estimate of drug-likeness (QED) is 0.180. The van der Waals surface area contributed by atoms with E-state index in [9.17, 15) is 39.0 Å². The van der Waals surface area contributed by atoms with Gasteiger partial charge in [0.2, 0.25) is 23.6 Å². The highest BCUT2D eigenvalue weighted by atomic mass is 16.4. The third kappa shape index (κ3) is 8.34. The van der Waals surface area contributed by atoms with Gasteiger partial charge in [0.1, 0.15) is 18.1 Å². The van der Waals surface area contributed by atoms with Gasteiger partial charge in [0.25, 0.3) is 0 Å². The van der Waals surface area contributed by atoms with Crippen LogP contribution in [0.5, 0.6) is 0 Å². The Kier molecular flexibility index (Phi) is 10.3. The van der Waals surface area contributed by atoms with Crippen molar-refractivity contribution >= 4 is 35.6 Å². The van der Waals surface area contributed by atoms with Crippen molar-refractivity contribution in [3.05, 3.63) is 35.9 Å². The lowest BCUT2D eigenvalue weighted by molar-refractivity contribution is -0.150. The number of amides is 4. The van der Waals surface area contributed by atoms with Gasteiger partial charge in [0, 0.05) is 13.0 Å². The zero-order chi connectivity index (χ0) is 26.8. The maximum atomic E-state index is 13.0. The lowest BCUT2D eigenvalue weighted by Crippen LogP contribution is -2.57. The summed E-state index contributed by atoms with van der Waals surface area (Å²) in [4.78, 5) is 73.8. The highest BCUT2D eigenvalue weighted by molar-refractivity contribution is 5.96. The molecule has 13 nitrogen and oxygen atoms in total. The van der Waals surface area contributed by atoms with Gasteiger partial charge in [-0.2, -0.15) is 0 Å². The monoisotopic (exact) mass is 505 g/mol. The van der Waals surface area contributed by atoms with Gasteiger partial charge in [-0.1, -0.05) is 30.3 Å². The van der Waals surface area contributed by atoms with Gasteiger partial charge in [0.15, 0.2) is 0 Å². The highest BCUT2D eigenvalue weighted by Crippen LogP contribution is 2.19. The number of carboxylic acids is 2. The molecule has 1 aliphatic heterocycles. The van der Waals surface area contributed by atoms with Crippen LogP contribution in [0.25, 0.3) is 0 Å². The second-order valence-corrected chi connectivity index (χ2v) is 8.55. The van der Waals surface area contributed by atoms with Crippen LogP contribution in [0.2, 0.25) is 0 Å². The van der Waals surface area contributed by atoms with Crippen molar-refractivity contribution in [2.75, 3.05) is 6.54 Å². The number of likely N-dealkylation sites (tertiary alicyclic amines) is 1. The fraction of sp³-hybridized carbons (Fsp3) is 0.478. The van der Waals surface area contributed by atoms with Gasteiger partial charge in [0.05, 0.1) is 12.5 Å². The minimum Gasteiger partial charge on any atom is -0.481 e. The number of carboxylic acid groups (broad SMARTS) is 2. The Balaban J connectivity index is 2.15. The summed E-state index contributed by atoms with van der Waals surface area (Å²) in [5, 5.41) is 23.3. The molecule has 36 heavy (non-hydrogen) atoms. The molecule has 0 aromatic heterocycles. The number of rotatable bonds is 13. The molecule has 13 heteroatoms. The Labute approximate surface area is 207 Å². The molecule has 0 saturated carbocycles. The van der Waals surface area contributed by atoms with Crippen molar-refractivity contribution in [2.45, 2.75) is 62.7 Å². The molecule has 0 spiro atoms. The number of nitrogens with one attached hydrogen (secondary N) is 2. The summed E-state index contributed by atoms with van der Waals surface area (Å²) in [6.07, 6.45) is -0.532. The molecule has 0 aliphatic carbocycles. The molecule has 1 aromatic carbocycles. The van der Waals surface area contributed by atoms with Crippen LogP contribution in [0.1, 0.15) is 37.7 Å². The van der Waals surface area contributed by atoms with E-state index in [1.165, 1.54) is 0 Å². The maximum Gasteiger partial charge on any atom is 0.326 e. The standard InChI is InChI=1S/C23H31N5O8/c24-14(11-13-5-2-1-3-6-13)20(32)26-15(8-9-18(25)29)21(33)27-16(12-19(30)31)22(34)28-10-4-7-17(28)23(35)36/h1-3,5-6,14-17H,4,7-12,24H2,(H2,25,29)(H,26,32)(H,27,33)(H,30,31)(H,35,36). The minimum absolute atomic E-state index is 0.0952. The van der Waals surface area contributed by atoms with Gasteiger partial charge in [-0.3, -0.25) is 24.0 Å². The first kappa shape index (κ1) is 28.2. The largest absolute Gasteiger partial charge is 0.481 e. The number of carbonyl (C=O) groups excluding carboxylic acids is 4. The molecular formula is C23H31N5O8. The molecule has 1 fully saturated rings. The summed E-state index contributed by atoms with van der Waals surface area (Å²) in [6.45, 7) is 0.0952. The van der Waals surface area contributed by atoms with Crippen molar-refractivity contribution < 1.29 is 39.0 Å². The van der Waals surface area contributed by atoms with E-state index in [0.29, 0.717) is 6.42 Å². The summed E-state index contributed by atoms with van der Waals surface area (Å²) >= 11 is 0. The molecule has 4 amide bonds. The van der Waals surface area contributed by atoms with E-state index in [4.69, 9.17) is 11.5 Å². The maximum absolute atomic E-state index is 13.0. The van der Waals surface area contributed by atoms with Crippen molar-refractivity contribution in [1.29, 1.82) is 0 Å². The fourth-order valence-corrected chi connectivity index (χ4v) is 3.93. The summed E-state index contributed by atoms with van der Waals surface area (Å²) in [5.74, 6) is -5.87. The number of benzene rings is 1. The lowest BCUT2D eigenvalue weighted by Gasteiger charge is -2.28. The third-order valence-electron chi connectivity index (χ3n) is 5.76. The molecular weight excluding hydrogens is 474 g/mol. The SMILES string of the molecule is NC(=O)CCC(NC(=O)C(N)Cc1ccccc1)C(=O)NC(CC(=O)O)C(=O)N1CCCC1C(=O)O. The molecule has 1 heterocycles. The van der Waals surface area contributed by atoms with E-state index in [-0.39, 0.29) is 32.2 Å². The molecule has 1 aliphatic rings. The van der Waals surface area contributed by atoms with Crippen LogP contribution < -0.4 is 22.1 Å². The summed E-state index contributed by atoms with van der Waals surface area (Å²) in [5.41, 5.74) is 11.9. The van der Waals surface area contributed by atoms with Gasteiger partial charge < -0.3 is 37.2 Å². The molecule has 0 radical (unpaired) electrons. The first-order valence-electron chi connectivity index (χ1n) is 11.4. The summed E-state index contributed by atoms with van der Waals surface area (Å²) in [6, 6.07) is 3.81. The fourth-order valence-electron chi connectivity index (χ4n) is 3.93. The zero-order valence-electron chi connectivity index (χ0n) is 19.6. The Morgan fingerprint density at radius 3 is 2.22 bits per heavy atom. The second kappa shape index (κ2) is 13.2. The Hall–Kier alpha value is -4.00. The van der Waals surface area contributed by atoms with E-state index in [0.717, 1.165) is 10.5 Å². The third-order valence-corrected chi connectivity index (χ3v) is 5.76. The number of nitrogens with two attached hydrogens (primary N) is 2. The molecule has 4 atom stereocenters. The Morgan fingerprint density at radius 1 is 1.00 bits per heavy atom. The van der Waals surface area contributed by atoms with Crippen LogP contribution in [-0.4, -0.2) is 81.4 Å². The molecule has 1 aromatic rings. The first-order valence-corrected chi connectivity index (χ1v) is 11.4. The van der Waals surface area contributed by atoms with Crippen LogP contribution >= 0.6 is 0 Å². The number of hydrogen-bond donors (Lipinski definition) is 6. The number of aliphatic carboxylic acids is 2. The smallest absolute Gasteiger partial charge is 0.326 e. The van der Waals surface area contributed by atoms with Gasteiger partial charge in [-0.25, -0.2) is 4.79 Å². The van der Waals surface area contributed by atoms with Crippen LogP contribution in [0, 0.1) is 0 Å². The Morgan fingerprint density at radius 2 is 1.64 bits per heavy atom. The molecule has 196 valence electrons. The van der Waals surface area contributed by atoms with Crippen molar-refractivity contribution in [2.24, 2.45) is 11.5 Å². The number of primary amides is 1. The van der Waals surface area contributed by atoms with E-state index in [1.54, 1.807) is 30.3 Å². The number of nitrogens with zero attached hydrogens (tertiary/aromatic N) is 1. The normalized spacial score (nSPS) is 17.5. The van der Waals surface area contributed by atoms with Gasteiger partial charge >= 0.3 is 11.9 Å². The highest BCUT2D eigenvalue weighted by Gasteiger charge is 2.39. The van der Waals surface area contributed by atoms with Crippen LogP contribution in [-0.2, 0) is 35.2 Å². The van der Waals surface area contributed by atoms with Crippen LogP contribution in [0.15, 0.2) is 30.3 Å². The van der Waals surface area contributed by atoms with Crippen LogP contribution in [0.3, 0.4) is 0 Å². The zero-order valence-corrected chi connectivity index (χ0v) is 19.6. The topological polar surface area (TPSA) is 222 Å². The van der Waals surface area contributed by atoms with E-state index in [2.05, 4.69) is 10.6 Å². The second-order valence-electron chi connectivity index (χ2n) is 8.55. The number of carbonyl (C=O) groups is 6. The molecule has 1 saturated heterocycles. The molecule has 8 N–H and O–H groups in total. The first-order chi connectivity index (χ1) is 17.0. The molecule has 2 rings (SSSR count). The predicted molar refractivity (Wildman–Crippen MR) is 125 cm³/mol. The van der Waals surface area contributed by atoms with Gasteiger partial charge in [-0.05, 0) is 31.2 Å². The van der Waals surface area contributed by atoms with E-state index in [1.807, 2.05) is 0 Å². The van der Waals surface area contributed by atoms with Crippen LogP contribution in [0.4, 0.5) is 0 Å². The van der Waals surface area contributed by atoms with E-state index < -0.39 is 66.2 Å². The molecule has 0 bridgehead atoms. The number of hydrogen-bond acceptors (Lipinski definition) is 7. The average molecular weight is 506 g/mol. The predicted octanol–water partition coefficient (Wildman–Crippen LogP) is -1.66. The van der Waals surface area contributed by atoms with Crippen molar-refractivity contribution in [1.82, 2.24) is 15.5 Å². The summed E-state index contributed by atoms with van der Waals surface area (Å²) in [7, 11) is 0. The van der Waals surface area contributed by atoms with Crippen molar-refractivity contribution in [3.63, 3.8) is 0 Å². The lowest BCUT2D eigenvalue weighted by atomic mass is 10.0. The van der Waals surface area contributed by atoms with Gasteiger partial charge in [-0.15, -0.1) is 0 Å². The minimum atomic E-state index is -1.58. The van der Waals surface area contributed by atoms with Crippen molar-refractivity contribution in [3.8, 4) is 0 Å². The molecule has 4 unspecified atom stereocenters. The summed E-state index contributed by atoms with van der Waals surface area (Å²) < 4.78 is 0. The Bertz CT molecular complexity index is 986.